The van der Waals surface area contributed by atoms with Crippen LogP contribution in [0.2, 0.25) is 15.1 Å². The molecule has 2 aromatic carbocycles. The first-order chi connectivity index (χ1) is 10.8. The Balaban J connectivity index is 2.31. The van der Waals surface area contributed by atoms with Crippen molar-refractivity contribution in [2.45, 2.75) is 9.79 Å². The molecule has 0 saturated heterocycles. The van der Waals surface area contributed by atoms with Crippen molar-refractivity contribution < 1.29 is 8.42 Å². The van der Waals surface area contributed by atoms with E-state index in [1.165, 1.54) is 24.3 Å². The van der Waals surface area contributed by atoms with E-state index >= 15 is 0 Å². The fourth-order valence-corrected chi connectivity index (χ4v) is 4.40. The molecule has 118 valence electrons. The van der Waals surface area contributed by atoms with Gasteiger partial charge in [-0.05, 0) is 36.4 Å². The van der Waals surface area contributed by atoms with Crippen molar-refractivity contribution in [2.24, 2.45) is 0 Å². The number of H-pyrrole nitrogens is 1. The van der Waals surface area contributed by atoms with Crippen LogP contribution < -0.4 is 5.43 Å². The van der Waals surface area contributed by atoms with Crippen molar-refractivity contribution in [1.82, 2.24) is 4.98 Å². The van der Waals surface area contributed by atoms with Crippen LogP contribution in [-0.4, -0.2) is 13.4 Å². The average Bonchev–Trinajstić information content (AvgIpc) is 2.47. The number of benzene rings is 2. The van der Waals surface area contributed by atoms with E-state index in [1.807, 2.05) is 0 Å². The molecule has 1 heterocycles. The molecule has 0 saturated carbocycles. The molecule has 0 aliphatic heterocycles. The maximum Gasteiger partial charge on any atom is 0.212 e. The highest BCUT2D eigenvalue weighted by Crippen LogP contribution is 2.26. The van der Waals surface area contributed by atoms with Gasteiger partial charge >= 0.3 is 0 Å². The molecule has 8 heteroatoms. The van der Waals surface area contributed by atoms with E-state index < -0.39 is 20.2 Å². The van der Waals surface area contributed by atoms with Gasteiger partial charge < -0.3 is 4.98 Å². The molecule has 0 aliphatic carbocycles. The van der Waals surface area contributed by atoms with E-state index in [2.05, 4.69) is 4.98 Å². The molecular formula is C15H8Cl3NO3S. The normalized spacial score (nSPS) is 11.8. The van der Waals surface area contributed by atoms with E-state index in [-0.39, 0.29) is 20.3 Å². The molecule has 0 radical (unpaired) electrons. The maximum atomic E-state index is 12.7. The first-order valence-electron chi connectivity index (χ1n) is 6.31. The molecular weight excluding hydrogens is 381 g/mol. The lowest BCUT2D eigenvalue weighted by molar-refractivity contribution is 0.595. The topological polar surface area (TPSA) is 67.0 Å². The predicted molar refractivity (Wildman–Crippen MR) is 91.5 cm³/mol. The third kappa shape index (κ3) is 2.97. The predicted octanol–water partition coefficient (Wildman–Crippen LogP) is 4.32. The number of aromatic nitrogens is 1. The Kier molecular flexibility index (Phi) is 4.14. The van der Waals surface area contributed by atoms with Gasteiger partial charge in [0.25, 0.3) is 0 Å². The summed E-state index contributed by atoms with van der Waals surface area (Å²) in [6.07, 6.45) is 1.16. The number of hydrogen-bond acceptors (Lipinski definition) is 3. The van der Waals surface area contributed by atoms with Gasteiger partial charge in [-0.1, -0.05) is 34.8 Å². The van der Waals surface area contributed by atoms with Gasteiger partial charge in [0.2, 0.25) is 15.3 Å². The van der Waals surface area contributed by atoms with E-state index in [1.54, 1.807) is 12.1 Å². The van der Waals surface area contributed by atoms with Gasteiger partial charge in [-0.15, -0.1) is 0 Å². The molecule has 3 aromatic rings. The number of hydrogen-bond donors (Lipinski definition) is 1. The first-order valence-corrected chi connectivity index (χ1v) is 8.93. The maximum absolute atomic E-state index is 12.7. The average molecular weight is 389 g/mol. The van der Waals surface area contributed by atoms with Crippen LogP contribution in [0.4, 0.5) is 0 Å². The minimum absolute atomic E-state index is 0.151. The number of sulfone groups is 1. The van der Waals surface area contributed by atoms with E-state index in [9.17, 15) is 13.2 Å². The Morgan fingerprint density at radius 2 is 1.52 bits per heavy atom. The summed E-state index contributed by atoms with van der Waals surface area (Å²) in [6, 6.07) is 8.51. The standard InChI is InChI=1S/C15H8Cl3NO3S/c16-8-1-2-13-12(6-8)15(20)14(7-19-13)23(21,22)11-4-9(17)3-10(18)5-11/h1-7H,(H,19,20). The van der Waals surface area contributed by atoms with Crippen LogP contribution in [-0.2, 0) is 9.84 Å². The van der Waals surface area contributed by atoms with Crippen molar-refractivity contribution >= 4 is 55.5 Å². The molecule has 0 bridgehead atoms. The second kappa shape index (κ2) is 5.83. The van der Waals surface area contributed by atoms with Gasteiger partial charge in [0.05, 0.1) is 4.90 Å². The van der Waals surface area contributed by atoms with Gasteiger partial charge in [-0.2, -0.15) is 0 Å². The minimum atomic E-state index is -4.07. The van der Waals surface area contributed by atoms with Crippen molar-refractivity contribution in [2.75, 3.05) is 0 Å². The lowest BCUT2D eigenvalue weighted by Gasteiger charge is -2.07. The second-order valence-electron chi connectivity index (χ2n) is 4.78. The van der Waals surface area contributed by atoms with Gasteiger partial charge in [0.15, 0.2) is 0 Å². The van der Waals surface area contributed by atoms with Crippen molar-refractivity contribution in [3.63, 3.8) is 0 Å². The van der Waals surface area contributed by atoms with E-state index in [4.69, 9.17) is 34.8 Å². The Morgan fingerprint density at radius 1 is 0.870 bits per heavy atom. The first kappa shape index (κ1) is 16.3. The second-order valence-corrected chi connectivity index (χ2v) is 8.01. The zero-order valence-electron chi connectivity index (χ0n) is 11.3. The molecule has 3 rings (SSSR count). The molecule has 0 amide bonds. The number of nitrogens with one attached hydrogen (secondary N) is 1. The van der Waals surface area contributed by atoms with Gasteiger partial charge in [0.1, 0.15) is 4.90 Å². The molecule has 0 spiro atoms. The number of rotatable bonds is 2. The quantitative estimate of drug-likeness (QED) is 0.711. The Hall–Kier alpha value is -1.53. The SMILES string of the molecule is O=c1c(S(=O)(=O)c2cc(Cl)cc(Cl)c2)c[nH]c2ccc(Cl)cc12. The van der Waals surface area contributed by atoms with Crippen LogP contribution in [0.15, 0.2) is 57.2 Å². The van der Waals surface area contributed by atoms with Crippen LogP contribution in [0.1, 0.15) is 0 Å². The van der Waals surface area contributed by atoms with Crippen LogP contribution in [0.5, 0.6) is 0 Å². The van der Waals surface area contributed by atoms with Crippen LogP contribution in [0, 0.1) is 0 Å². The molecule has 1 N–H and O–H groups in total. The number of fused-ring (bicyclic) bond motifs is 1. The molecule has 1 aromatic heterocycles. The van der Waals surface area contributed by atoms with E-state index in [0.29, 0.717) is 10.5 Å². The Morgan fingerprint density at radius 3 is 2.17 bits per heavy atom. The van der Waals surface area contributed by atoms with Crippen molar-refractivity contribution in [3.05, 3.63) is 67.9 Å². The molecule has 23 heavy (non-hydrogen) atoms. The Labute approximate surface area is 146 Å². The summed E-state index contributed by atoms with van der Waals surface area (Å²) in [5.74, 6) is 0. The minimum Gasteiger partial charge on any atom is -0.360 e. The lowest BCUT2D eigenvalue weighted by atomic mass is 10.2. The third-order valence-corrected chi connectivity index (χ3v) is 5.65. The summed E-state index contributed by atoms with van der Waals surface area (Å²) >= 11 is 17.6. The largest absolute Gasteiger partial charge is 0.360 e. The number of aromatic amines is 1. The molecule has 0 atom stereocenters. The number of halogens is 3. The summed E-state index contributed by atoms with van der Waals surface area (Å²) < 4.78 is 25.4. The highest BCUT2D eigenvalue weighted by atomic mass is 35.5. The van der Waals surface area contributed by atoms with Crippen molar-refractivity contribution in [3.8, 4) is 0 Å². The molecule has 4 nitrogen and oxygen atoms in total. The van der Waals surface area contributed by atoms with Crippen molar-refractivity contribution in [1.29, 1.82) is 0 Å². The van der Waals surface area contributed by atoms with Gasteiger partial charge in [0, 0.05) is 32.2 Å². The highest BCUT2D eigenvalue weighted by Gasteiger charge is 2.23. The summed E-state index contributed by atoms with van der Waals surface area (Å²) in [5, 5.41) is 0.850. The molecule has 0 unspecified atom stereocenters. The van der Waals surface area contributed by atoms with Gasteiger partial charge in [-0.3, -0.25) is 4.79 Å². The van der Waals surface area contributed by atoms with E-state index in [0.717, 1.165) is 6.20 Å². The van der Waals surface area contributed by atoms with Crippen LogP contribution in [0.3, 0.4) is 0 Å². The van der Waals surface area contributed by atoms with Crippen LogP contribution in [0.25, 0.3) is 10.9 Å². The summed E-state index contributed by atoms with van der Waals surface area (Å²) in [4.78, 5) is 14.8. The van der Waals surface area contributed by atoms with Gasteiger partial charge in [-0.25, -0.2) is 8.42 Å². The monoisotopic (exact) mass is 387 g/mol. The fraction of sp³-hybridized carbons (Fsp3) is 0. The summed E-state index contributed by atoms with van der Waals surface area (Å²) in [5.41, 5.74) is -0.153. The summed E-state index contributed by atoms with van der Waals surface area (Å²) in [7, 11) is -4.07. The Bertz CT molecular complexity index is 1070. The van der Waals surface area contributed by atoms with Crippen LogP contribution >= 0.6 is 34.8 Å². The zero-order chi connectivity index (χ0) is 16.8. The number of pyridine rings is 1. The third-order valence-electron chi connectivity index (χ3n) is 3.24. The molecule has 0 fully saturated rings. The zero-order valence-corrected chi connectivity index (χ0v) is 14.4. The molecule has 0 aliphatic rings. The highest BCUT2D eigenvalue weighted by molar-refractivity contribution is 7.91. The fourth-order valence-electron chi connectivity index (χ4n) is 2.18. The smallest absolute Gasteiger partial charge is 0.212 e. The summed E-state index contributed by atoms with van der Waals surface area (Å²) in [6.45, 7) is 0. The lowest BCUT2D eigenvalue weighted by Crippen LogP contribution is -2.16.